The molecule has 0 unspecified atom stereocenters. The molecule has 0 bridgehead atoms. The van der Waals surface area contributed by atoms with Crippen LogP contribution in [-0.4, -0.2) is 43.1 Å². The molecule has 1 aromatic carbocycles. The first kappa shape index (κ1) is 18.8. The lowest BCUT2D eigenvalue weighted by molar-refractivity contribution is 0.102. The van der Waals surface area contributed by atoms with Gasteiger partial charge in [0.15, 0.2) is 0 Å². The van der Waals surface area contributed by atoms with E-state index in [0.717, 1.165) is 40.6 Å². The van der Waals surface area contributed by atoms with E-state index in [1.165, 1.54) is 18.5 Å². The summed E-state index contributed by atoms with van der Waals surface area (Å²) in [5.74, 6) is 0.364. The number of nitrogens with zero attached hydrogens (tertiary/aromatic N) is 4. The van der Waals surface area contributed by atoms with Gasteiger partial charge in [0.2, 0.25) is 0 Å². The number of pyridine rings is 1. The van der Waals surface area contributed by atoms with E-state index < -0.39 is 0 Å². The maximum atomic E-state index is 12.8. The smallest absolute Gasteiger partial charge is 0.256 e. The second kappa shape index (κ2) is 7.25. The summed E-state index contributed by atoms with van der Waals surface area (Å²) >= 11 is 0. The molecule has 0 spiro atoms. The molecule has 1 saturated heterocycles. The van der Waals surface area contributed by atoms with Gasteiger partial charge in [-0.25, -0.2) is 4.98 Å². The third-order valence-electron chi connectivity index (χ3n) is 6.16. The molecule has 1 fully saturated rings. The van der Waals surface area contributed by atoms with Gasteiger partial charge in [-0.2, -0.15) is 5.10 Å². The van der Waals surface area contributed by atoms with E-state index in [1.807, 2.05) is 49.1 Å². The van der Waals surface area contributed by atoms with Gasteiger partial charge in [0.1, 0.15) is 5.82 Å². The predicted octanol–water partition coefficient (Wildman–Crippen LogP) is 3.99. The van der Waals surface area contributed by atoms with Crippen molar-refractivity contribution >= 4 is 33.5 Å². The highest BCUT2D eigenvalue weighted by Gasteiger charge is 2.20. The Kier molecular flexibility index (Phi) is 4.55. The van der Waals surface area contributed by atoms with Gasteiger partial charge in [0.05, 0.1) is 16.7 Å². The number of nitrogens with one attached hydrogen (secondary N) is 2. The Balaban J connectivity index is 1.35. The molecule has 3 aromatic heterocycles. The number of H-pyrrole nitrogens is 1. The standard InChI is InChI=1S/C23H26N6O/c1-14-5-4-8-29(14)13-18-9-17-12-24-22(11-20(17)25-18)26-23(30)16-6-7-21-19(10-16)15(2)27-28(21)3/h6-7,9-12,14,25H,4-5,8,13H2,1-3H3,(H,24,26,30)/t14-/m0/s1. The number of likely N-dealkylation sites (tertiary alicyclic amines) is 1. The molecule has 2 N–H and O–H groups in total. The fraction of sp³-hybridized carbons (Fsp3) is 0.348. The zero-order chi connectivity index (χ0) is 20.8. The van der Waals surface area contributed by atoms with Gasteiger partial charge in [-0.1, -0.05) is 0 Å². The first-order valence-electron chi connectivity index (χ1n) is 10.4. The maximum absolute atomic E-state index is 12.8. The summed E-state index contributed by atoms with van der Waals surface area (Å²) in [7, 11) is 1.91. The highest BCUT2D eigenvalue weighted by atomic mass is 16.1. The minimum atomic E-state index is -0.176. The number of amides is 1. The number of rotatable bonds is 4. The predicted molar refractivity (Wildman–Crippen MR) is 119 cm³/mol. The third kappa shape index (κ3) is 3.35. The van der Waals surface area contributed by atoms with E-state index in [4.69, 9.17) is 0 Å². The van der Waals surface area contributed by atoms with Crippen molar-refractivity contribution in [3.63, 3.8) is 0 Å². The minimum absolute atomic E-state index is 0.176. The second-order valence-corrected chi connectivity index (χ2v) is 8.31. The monoisotopic (exact) mass is 402 g/mol. The number of hydrogen-bond acceptors (Lipinski definition) is 4. The first-order valence-corrected chi connectivity index (χ1v) is 10.4. The van der Waals surface area contributed by atoms with E-state index in [1.54, 1.807) is 0 Å². The van der Waals surface area contributed by atoms with Crippen LogP contribution in [0.25, 0.3) is 21.8 Å². The third-order valence-corrected chi connectivity index (χ3v) is 6.16. The van der Waals surface area contributed by atoms with E-state index in [0.29, 0.717) is 17.4 Å². The number of anilines is 1. The number of hydrogen-bond donors (Lipinski definition) is 2. The fourth-order valence-electron chi connectivity index (χ4n) is 4.46. The van der Waals surface area contributed by atoms with Gasteiger partial charge in [-0.15, -0.1) is 0 Å². The quantitative estimate of drug-likeness (QED) is 0.541. The molecule has 154 valence electrons. The van der Waals surface area contributed by atoms with Crippen molar-refractivity contribution in [3.8, 4) is 0 Å². The topological polar surface area (TPSA) is 78.8 Å². The summed E-state index contributed by atoms with van der Waals surface area (Å²) in [6, 6.07) is 10.3. The van der Waals surface area contributed by atoms with E-state index in [-0.39, 0.29) is 5.91 Å². The van der Waals surface area contributed by atoms with Crippen molar-refractivity contribution < 1.29 is 4.79 Å². The number of carbonyl (C=O) groups is 1. The van der Waals surface area contributed by atoms with Crippen LogP contribution in [0.2, 0.25) is 0 Å². The van der Waals surface area contributed by atoms with Crippen LogP contribution in [0.4, 0.5) is 5.82 Å². The molecular weight excluding hydrogens is 376 g/mol. The van der Waals surface area contributed by atoms with Crippen LogP contribution >= 0.6 is 0 Å². The summed E-state index contributed by atoms with van der Waals surface area (Å²) in [5.41, 5.74) is 4.68. The Morgan fingerprint density at radius 1 is 1.30 bits per heavy atom. The van der Waals surface area contributed by atoms with Gasteiger partial charge >= 0.3 is 0 Å². The van der Waals surface area contributed by atoms with Crippen LogP contribution in [0.3, 0.4) is 0 Å². The fourth-order valence-corrected chi connectivity index (χ4v) is 4.46. The Labute approximate surface area is 175 Å². The molecular formula is C23H26N6O. The number of aromatic amines is 1. The van der Waals surface area contributed by atoms with Crippen LogP contribution < -0.4 is 5.32 Å². The van der Waals surface area contributed by atoms with Crippen LogP contribution in [0.5, 0.6) is 0 Å². The van der Waals surface area contributed by atoms with Crippen molar-refractivity contribution in [2.45, 2.75) is 39.3 Å². The molecule has 1 atom stereocenters. The van der Waals surface area contributed by atoms with Gasteiger partial charge in [-0.3, -0.25) is 14.4 Å². The lowest BCUT2D eigenvalue weighted by atomic mass is 10.1. The van der Waals surface area contributed by atoms with Crippen LogP contribution in [0.15, 0.2) is 36.5 Å². The van der Waals surface area contributed by atoms with Crippen molar-refractivity contribution in [2.75, 3.05) is 11.9 Å². The Bertz CT molecular complexity index is 1250. The number of aromatic nitrogens is 4. The molecule has 1 amide bonds. The molecule has 4 heterocycles. The van der Waals surface area contributed by atoms with Gasteiger partial charge in [0, 0.05) is 53.9 Å². The van der Waals surface area contributed by atoms with Crippen molar-refractivity contribution in [3.05, 3.63) is 53.5 Å². The number of carbonyl (C=O) groups excluding carboxylic acids is 1. The molecule has 0 radical (unpaired) electrons. The van der Waals surface area contributed by atoms with Crippen molar-refractivity contribution in [2.24, 2.45) is 7.05 Å². The van der Waals surface area contributed by atoms with Crippen molar-refractivity contribution in [1.29, 1.82) is 0 Å². The first-order chi connectivity index (χ1) is 14.5. The molecule has 1 aliphatic rings. The Hall–Kier alpha value is -3.19. The molecule has 30 heavy (non-hydrogen) atoms. The summed E-state index contributed by atoms with van der Waals surface area (Å²) in [5, 5.41) is 9.38. The lowest BCUT2D eigenvalue weighted by Crippen LogP contribution is -2.26. The van der Waals surface area contributed by atoms with Crippen molar-refractivity contribution in [1.82, 2.24) is 24.6 Å². The lowest BCUT2D eigenvalue weighted by Gasteiger charge is -2.19. The summed E-state index contributed by atoms with van der Waals surface area (Å²) in [6.45, 7) is 6.30. The minimum Gasteiger partial charge on any atom is -0.357 e. The molecule has 7 nitrogen and oxygen atoms in total. The maximum Gasteiger partial charge on any atom is 0.256 e. The normalized spacial score (nSPS) is 17.2. The SMILES string of the molecule is Cc1nn(C)c2ccc(C(=O)Nc3cc4[nH]c(CN5CCC[C@@H]5C)cc4cn3)cc12. The van der Waals surface area contributed by atoms with Crippen LogP contribution in [-0.2, 0) is 13.6 Å². The van der Waals surface area contributed by atoms with Gasteiger partial charge in [-0.05, 0) is 57.5 Å². The molecule has 1 aliphatic heterocycles. The molecule has 0 aliphatic carbocycles. The average Bonchev–Trinajstić information content (AvgIpc) is 3.39. The summed E-state index contributed by atoms with van der Waals surface area (Å²) in [4.78, 5) is 23.2. The van der Waals surface area contributed by atoms with Crippen LogP contribution in [0.1, 0.15) is 41.5 Å². The Morgan fingerprint density at radius 3 is 2.97 bits per heavy atom. The molecule has 0 saturated carbocycles. The second-order valence-electron chi connectivity index (χ2n) is 8.31. The largest absolute Gasteiger partial charge is 0.357 e. The molecule has 7 heteroatoms. The van der Waals surface area contributed by atoms with E-state index >= 15 is 0 Å². The summed E-state index contributed by atoms with van der Waals surface area (Å²) in [6.07, 6.45) is 4.35. The van der Waals surface area contributed by atoms with Crippen LogP contribution in [0, 0.1) is 6.92 Å². The Morgan fingerprint density at radius 2 is 2.17 bits per heavy atom. The average molecular weight is 403 g/mol. The molecule has 4 aromatic rings. The number of aryl methyl sites for hydroxylation is 2. The number of fused-ring (bicyclic) bond motifs is 2. The molecule has 5 rings (SSSR count). The van der Waals surface area contributed by atoms with Gasteiger partial charge in [0.25, 0.3) is 5.91 Å². The van der Waals surface area contributed by atoms with Gasteiger partial charge < -0.3 is 10.3 Å². The zero-order valence-corrected chi connectivity index (χ0v) is 17.6. The van der Waals surface area contributed by atoms with E-state index in [9.17, 15) is 4.79 Å². The summed E-state index contributed by atoms with van der Waals surface area (Å²) < 4.78 is 1.83. The zero-order valence-electron chi connectivity index (χ0n) is 17.6. The number of benzene rings is 1. The van der Waals surface area contributed by atoms with E-state index in [2.05, 4.69) is 38.3 Å². The highest BCUT2D eigenvalue weighted by molar-refractivity contribution is 6.06. The highest BCUT2D eigenvalue weighted by Crippen LogP contribution is 2.23.